The predicted octanol–water partition coefficient (Wildman–Crippen LogP) is 4.99. The highest BCUT2D eigenvalue weighted by Gasteiger charge is 2.05. The van der Waals surface area contributed by atoms with Crippen molar-refractivity contribution in [1.82, 2.24) is 4.90 Å². The van der Waals surface area contributed by atoms with E-state index in [1.54, 1.807) is 0 Å². The molecular weight excluding hydrogens is 321 g/mol. The number of alkyl halides is 1. The molecule has 0 amide bonds. The van der Waals surface area contributed by atoms with E-state index in [1.807, 2.05) is 18.2 Å². The summed E-state index contributed by atoms with van der Waals surface area (Å²) in [4.78, 5) is 2.28. The summed E-state index contributed by atoms with van der Waals surface area (Å²) in [7, 11) is 2.12. The Labute approximate surface area is 122 Å². The van der Waals surface area contributed by atoms with Gasteiger partial charge in [0.05, 0.1) is 0 Å². The van der Waals surface area contributed by atoms with Crippen LogP contribution in [0.5, 0.6) is 0 Å². The van der Waals surface area contributed by atoms with Crippen LogP contribution in [0.1, 0.15) is 24.8 Å². The predicted molar refractivity (Wildman–Crippen MR) is 80.4 cm³/mol. The molecule has 0 radical (unpaired) electrons. The largest absolute Gasteiger partial charge is 0.302 e. The molecule has 1 aromatic rings. The van der Waals surface area contributed by atoms with Crippen molar-refractivity contribution in [3.63, 3.8) is 0 Å². The molecule has 0 fully saturated rings. The van der Waals surface area contributed by atoms with Gasteiger partial charge in [0.1, 0.15) is 0 Å². The fourth-order valence-electron chi connectivity index (χ4n) is 1.69. The average Bonchev–Trinajstić information content (AvgIpc) is 2.29. The third-order valence-electron chi connectivity index (χ3n) is 2.62. The van der Waals surface area contributed by atoms with Crippen LogP contribution in [0.2, 0.25) is 10.0 Å². The molecule has 0 spiro atoms. The monoisotopic (exact) mass is 337 g/mol. The molecule has 0 atom stereocenters. The zero-order valence-electron chi connectivity index (χ0n) is 10.1. The number of hydrogen-bond acceptors (Lipinski definition) is 1. The Bertz CT molecular complexity index is 344. The van der Waals surface area contributed by atoms with Crippen LogP contribution in [0.4, 0.5) is 0 Å². The lowest BCUT2D eigenvalue weighted by Gasteiger charge is -2.17. The topological polar surface area (TPSA) is 3.24 Å². The average molecular weight is 339 g/mol. The third kappa shape index (κ3) is 6.10. The van der Waals surface area contributed by atoms with E-state index in [9.17, 15) is 0 Å². The first-order chi connectivity index (χ1) is 8.13. The lowest BCUT2D eigenvalue weighted by Crippen LogP contribution is -2.19. The first-order valence-corrected chi connectivity index (χ1v) is 7.69. The summed E-state index contributed by atoms with van der Waals surface area (Å²) in [6, 6.07) is 5.63. The molecule has 0 heterocycles. The lowest BCUT2D eigenvalue weighted by molar-refractivity contribution is 0.318. The molecule has 0 saturated heterocycles. The number of unbranched alkanes of at least 4 members (excludes halogenated alkanes) is 2. The molecular formula is C13H18BrCl2N. The van der Waals surface area contributed by atoms with E-state index >= 15 is 0 Å². The zero-order chi connectivity index (χ0) is 12.7. The molecule has 0 unspecified atom stereocenters. The van der Waals surface area contributed by atoms with E-state index in [1.165, 1.54) is 19.3 Å². The Morgan fingerprint density at radius 2 is 1.94 bits per heavy atom. The highest BCUT2D eigenvalue weighted by molar-refractivity contribution is 9.09. The van der Waals surface area contributed by atoms with Crippen LogP contribution >= 0.6 is 39.1 Å². The molecule has 1 rings (SSSR count). The molecule has 1 nitrogen and oxygen atoms in total. The maximum absolute atomic E-state index is 6.13. The first-order valence-electron chi connectivity index (χ1n) is 5.82. The van der Waals surface area contributed by atoms with Crippen LogP contribution in [0.3, 0.4) is 0 Å². The van der Waals surface area contributed by atoms with Crippen LogP contribution in [0, 0.1) is 0 Å². The van der Waals surface area contributed by atoms with Crippen LogP contribution < -0.4 is 0 Å². The second-order valence-electron chi connectivity index (χ2n) is 4.22. The van der Waals surface area contributed by atoms with E-state index in [0.29, 0.717) is 0 Å². The number of hydrogen-bond donors (Lipinski definition) is 0. The van der Waals surface area contributed by atoms with Gasteiger partial charge in [0, 0.05) is 21.9 Å². The van der Waals surface area contributed by atoms with Crippen LogP contribution in [0.15, 0.2) is 18.2 Å². The summed E-state index contributed by atoms with van der Waals surface area (Å²) in [5.74, 6) is 0. The summed E-state index contributed by atoms with van der Waals surface area (Å²) in [5, 5.41) is 2.63. The molecule has 0 aromatic heterocycles. The molecule has 96 valence electrons. The molecule has 4 heteroatoms. The summed E-state index contributed by atoms with van der Waals surface area (Å²) in [6.45, 7) is 1.95. The second-order valence-corrected chi connectivity index (χ2v) is 5.86. The highest BCUT2D eigenvalue weighted by atomic mass is 79.9. The van der Waals surface area contributed by atoms with Gasteiger partial charge in [-0.3, -0.25) is 0 Å². The Hall–Kier alpha value is 0.240. The van der Waals surface area contributed by atoms with Crippen LogP contribution in [0.25, 0.3) is 0 Å². The van der Waals surface area contributed by atoms with E-state index in [0.717, 1.165) is 34.0 Å². The van der Waals surface area contributed by atoms with E-state index in [2.05, 4.69) is 27.9 Å². The fraction of sp³-hybridized carbons (Fsp3) is 0.538. The smallest absolute Gasteiger partial charge is 0.0452 e. The number of nitrogens with zero attached hydrogens (tertiary/aromatic N) is 1. The third-order valence-corrected chi connectivity index (χ3v) is 3.79. The van der Waals surface area contributed by atoms with Crippen LogP contribution in [-0.2, 0) is 6.54 Å². The van der Waals surface area contributed by atoms with Gasteiger partial charge in [-0.05, 0) is 50.2 Å². The van der Waals surface area contributed by atoms with E-state index in [-0.39, 0.29) is 0 Å². The molecule has 0 aliphatic heterocycles. The van der Waals surface area contributed by atoms with Crippen molar-refractivity contribution in [1.29, 1.82) is 0 Å². The van der Waals surface area contributed by atoms with Gasteiger partial charge in [-0.25, -0.2) is 0 Å². The number of halogens is 3. The van der Waals surface area contributed by atoms with Crippen molar-refractivity contribution in [2.45, 2.75) is 25.8 Å². The van der Waals surface area contributed by atoms with Gasteiger partial charge in [0.25, 0.3) is 0 Å². The minimum Gasteiger partial charge on any atom is -0.302 e. The maximum atomic E-state index is 6.13. The number of benzene rings is 1. The molecule has 0 N–H and O–H groups in total. The Morgan fingerprint density at radius 1 is 1.18 bits per heavy atom. The SMILES string of the molecule is CN(CCCCCBr)Cc1cc(Cl)ccc1Cl. The van der Waals surface area contributed by atoms with Crippen LogP contribution in [-0.4, -0.2) is 23.8 Å². The van der Waals surface area contributed by atoms with Crippen molar-refractivity contribution < 1.29 is 0 Å². The summed E-state index contributed by atoms with van der Waals surface area (Å²) < 4.78 is 0. The highest BCUT2D eigenvalue weighted by Crippen LogP contribution is 2.21. The molecule has 0 saturated carbocycles. The molecule has 0 bridgehead atoms. The van der Waals surface area contributed by atoms with Gasteiger partial charge in [-0.1, -0.05) is 45.6 Å². The van der Waals surface area contributed by atoms with Gasteiger partial charge in [-0.15, -0.1) is 0 Å². The quantitative estimate of drug-likeness (QED) is 0.500. The minimum atomic E-state index is 0.747. The van der Waals surface area contributed by atoms with Crippen molar-refractivity contribution in [3.05, 3.63) is 33.8 Å². The Kier molecular flexibility index (Phi) is 7.52. The molecule has 0 aliphatic rings. The first kappa shape index (κ1) is 15.3. The minimum absolute atomic E-state index is 0.747. The number of rotatable bonds is 7. The molecule has 1 aromatic carbocycles. The summed E-state index contributed by atoms with van der Waals surface area (Å²) >= 11 is 15.5. The van der Waals surface area contributed by atoms with Gasteiger partial charge in [0.2, 0.25) is 0 Å². The zero-order valence-corrected chi connectivity index (χ0v) is 13.2. The Balaban J connectivity index is 2.39. The second kappa shape index (κ2) is 8.36. The summed E-state index contributed by atoms with van der Waals surface area (Å²) in [5.41, 5.74) is 1.10. The van der Waals surface area contributed by atoms with Crippen molar-refractivity contribution in [2.24, 2.45) is 0 Å². The van der Waals surface area contributed by atoms with Crippen molar-refractivity contribution >= 4 is 39.1 Å². The standard InChI is InChI=1S/C13H18BrCl2N/c1-17(8-4-2-3-7-14)10-11-9-12(15)5-6-13(11)16/h5-6,9H,2-4,7-8,10H2,1H3. The van der Waals surface area contributed by atoms with E-state index < -0.39 is 0 Å². The van der Waals surface area contributed by atoms with Gasteiger partial charge < -0.3 is 4.90 Å². The van der Waals surface area contributed by atoms with E-state index in [4.69, 9.17) is 23.2 Å². The lowest BCUT2D eigenvalue weighted by atomic mass is 10.2. The van der Waals surface area contributed by atoms with Gasteiger partial charge >= 0.3 is 0 Å². The molecule has 0 aliphatic carbocycles. The van der Waals surface area contributed by atoms with Crippen molar-refractivity contribution in [3.8, 4) is 0 Å². The fourth-order valence-corrected chi connectivity index (χ4v) is 2.46. The van der Waals surface area contributed by atoms with Crippen molar-refractivity contribution in [2.75, 3.05) is 18.9 Å². The summed E-state index contributed by atoms with van der Waals surface area (Å²) in [6.07, 6.45) is 3.73. The Morgan fingerprint density at radius 3 is 2.65 bits per heavy atom. The van der Waals surface area contributed by atoms with Gasteiger partial charge in [-0.2, -0.15) is 0 Å². The van der Waals surface area contributed by atoms with Gasteiger partial charge in [0.15, 0.2) is 0 Å². The normalized spacial score (nSPS) is 11.1. The maximum Gasteiger partial charge on any atom is 0.0452 e. The molecule has 17 heavy (non-hydrogen) atoms.